The van der Waals surface area contributed by atoms with E-state index in [4.69, 9.17) is 23.2 Å². The third-order valence-corrected chi connectivity index (χ3v) is 4.65. The number of phenolic OH excluding ortho intramolecular Hbond substituents is 1. The summed E-state index contributed by atoms with van der Waals surface area (Å²) in [6.45, 7) is 0.631. The lowest BCUT2D eigenvalue weighted by molar-refractivity contribution is -0.890. The molecule has 0 spiro atoms. The molecule has 1 heterocycles. The fourth-order valence-electron chi connectivity index (χ4n) is 1.99. The third kappa shape index (κ3) is 4.20. The van der Waals surface area contributed by atoms with Crippen LogP contribution in [0.2, 0.25) is 10.0 Å². The monoisotopic (exact) mass is 343 g/mol. The lowest BCUT2D eigenvalue weighted by Crippen LogP contribution is -3.06. The predicted octanol–water partition coefficient (Wildman–Crippen LogP) is 3.07. The number of benzene rings is 1. The topological polar surface area (TPSA) is 37.0 Å². The first-order valence-electron chi connectivity index (χ1n) is 6.50. The maximum atomic E-state index is 9.90. The van der Waals surface area contributed by atoms with Crippen LogP contribution in [0.15, 0.2) is 34.6 Å². The molecule has 2 N–H and O–H groups in total. The number of aromatic hydroxyl groups is 1. The van der Waals surface area contributed by atoms with E-state index in [1.807, 2.05) is 6.07 Å². The number of rotatable bonds is 5. The van der Waals surface area contributed by atoms with Gasteiger partial charge in [-0.25, -0.2) is 0 Å². The van der Waals surface area contributed by atoms with Gasteiger partial charge in [0.05, 0.1) is 30.5 Å². The average molecular weight is 344 g/mol. The summed E-state index contributed by atoms with van der Waals surface area (Å²) in [5.41, 5.74) is 0.534. The maximum Gasteiger partial charge on any atom is 0.143 e. The van der Waals surface area contributed by atoms with E-state index < -0.39 is 0 Å². The SMILES string of the molecule is C[NH+](C)[C@@H](CN=Cc1cc(Cl)cc(Cl)c1O)c1cccs1. The van der Waals surface area contributed by atoms with Crippen LogP contribution in [0.4, 0.5) is 0 Å². The Morgan fingerprint density at radius 1 is 1.38 bits per heavy atom. The number of aliphatic imine (C=N–C) groups is 1. The molecule has 0 saturated heterocycles. The standard InChI is InChI=1S/C15H16Cl2N2OS/c1-19(2)13(14-4-3-5-21-14)9-18-8-10-6-11(16)7-12(17)15(10)20/h3-8,13,20H,9H2,1-2H3/p+1/t13-/m0/s1. The molecule has 2 rings (SSSR count). The Bertz CT molecular complexity index is 627. The Kier molecular flexibility index (Phi) is 5.65. The molecule has 0 aliphatic heterocycles. The Labute approximate surface area is 138 Å². The number of halogens is 2. The molecule has 6 heteroatoms. The van der Waals surface area contributed by atoms with Crippen LogP contribution < -0.4 is 4.90 Å². The van der Waals surface area contributed by atoms with Gasteiger partial charge in [-0.3, -0.25) is 4.99 Å². The van der Waals surface area contributed by atoms with E-state index in [9.17, 15) is 5.11 Å². The van der Waals surface area contributed by atoms with E-state index in [1.165, 1.54) is 15.8 Å². The minimum Gasteiger partial charge on any atom is -0.506 e. The molecule has 3 nitrogen and oxygen atoms in total. The van der Waals surface area contributed by atoms with Crippen molar-refractivity contribution in [2.75, 3.05) is 20.6 Å². The molecule has 112 valence electrons. The summed E-state index contributed by atoms with van der Waals surface area (Å²) >= 11 is 13.6. The first-order valence-corrected chi connectivity index (χ1v) is 8.14. The number of thiophene rings is 1. The van der Waals surface area contributed by atoms with Gasteiger partial charge in [-0.1, -0.05) is 29.3 Å². The van der Waals surface area contributed by atoms with Crippen molar-refractivity contribution < 1.29 is 10.0 Å². The second-order valence-electron chi connectivity index (χ2n) is 4.97. The van der Waals surface area contributed by atoms with Gasteiger partial charge in [0.15, 0.2) is 0 Å². The van der Waals surface area contributed by atoms with E-state index >= 15 is 0 Å². The largest absolute Gasteiger partial charge is 0.506 e. The van der Waals surface area contributed by atoms with Gasteiger partial charge in [0.1, 0.15) is 11.8 Å². The summed E-state index contributed by atoms with van der Waals surface area (Å²) in [7, 11) is 4.21. The van der Waals surface area contributed by atoms with Crippen LogP contribution in [-0.4, -0.2) is 32.0 Å². The van der Waals surface area contributed by atoms with Crippen molar-refractivity contribution in [2.24, 2.45) is 4.99 Å². The second kappa shape index (κ2) is 7.27. The number of hydrogen-bond acceptors (Lipinski definition) is 3. The number of quaternary nitrogens is 1. The van der Waals surface area contributed by atoms with E-state index in [-0.39, 0.29) is 16.8 Å². The molecule has 0 aliphatic rings. The Hall–Kier alpha value is -1.07. The average Bonchev–Trinajstić information content (AvgIpc) is 2.93. The zero-order valence-corrected chi connectivity index (χ0v) is 14.1. The van der Waals surface area contributed by atoms with Crippen molar-refractivity contribution in [1.29, 1.82) is 0 Å². The second-order valence-corrected chi connectivity index (χ2v) is 6.79. The highest BCUT2D eigenvalue weighted by Crippen LogP contribution is 2.30. The van der Waals surface area contributed by atoms with Crippen molar-refractivity contribution >= 4 is 40.8 Å². The quantitative estimate of drug-likeness (QED) is 0.804. The highest BCUT2D eigenvalue weighted by atomic mass is 35.5. The van der Waals surface area contributed by atoms with Crippen molar-refractivity contribution in [3.8, 4) is 5.75 Å². The van der Waals surface area contributed by atoms with E-state index in [0.717, 1.165) is 0 Å². The van der Waals surface area contributed by atoms with Gasteiger partial charge < -0.3 is 10.0 Å². The number of likely N-dealkylation sites (N-methyl/N-ethyl adjacent to an activating group) is 1. The van der Waals surface area contributed by atoms with E-state index in [2.05, 4.69) is 30.5 Å². The molecule has 0 radical (unpaired) electrons. The normalized spacial score (nSPS) is 13.2. The Morgan fingerprint density at radius 3 is 2.76 bits per heavy atom. The zero-order valence-electron chi connectivity index (χ0n) is 11.8. The maximum absolute atomic E-state index is 9.90. The molecule has 0 bridgehead atoms. The van der Waals surface area contributed by atoms with E-state index in [1.54, 1.807) is 23.6 Å². The van der Waals surface area contributed by atoms with Crippen LogP contribution in [0, 0.1) is 0 Å². The van der Waals surface area contributed by atoms with Crippen LogP contribution in [-0.2, 0) is 0 Å². The lowest BCUT2D eigenvalue weighted by Gasteiger charge is -2.18. The van der Waals surface area contributed by atoms with E-state index in [0.29, 0.717) is 17.1 Å². The van der Waals surface area contributed by atoms with Crippen LogP contribution >= 0.6 is 34.5 Å². The van der Waals surface area contributed by atoms with Crippen molar-refractivity contribution in [3.05, 3.63) is 50.1 Å². The highest BCUT2D eigenvalue weighted by Gasteiger charge is 2.17. The summed E-state index contributed by atoms with van der Waals surface area (Å²) in [4.78, 5) is 7.05. The minimum atomic E-state index is 0.00897. The number of nitrogens with zero attached hydrogens (tertiary/aromatic N) is 1. The minimum absolute atomic E-state index is 0.00897. The first kappa shape index (κ1) is 16.3. The Morgan fingerprint density at radius 2 is 2.14 bits per heavy atom. The van der Waals surface area contributed by atoms with Crippen molar-refractivity contribution in [1.82, 2.24) is 0 Å². The molecule has 0 aliphatic carbocycles. The smallest absolute Gasteiger partial charge is 0.143 e. The van der Waals surface area contributed by atoms with Crippen LogP contribution in [0.5, 0.6) is 5.75 Å². The molecule has 2 aromatic rings. The summed E-state index contributed by atoms with van der Waals surface area (Å²) < 4.78 is 0. The van der Waals surface area contributed by atoms with Gasteiger partial charge in [0.2, 0.25) is 0 Å². The molecule has 1 aromatic heterocycles. The zero-order chi connectivity index (χ0) is 15.4. The van der Waals surface area contributed by atoms with Gasteiger partial charge in [-0.05, 0) is 23.6 Å². The summed E-state index contributed by atoms with van der Waals surface area (Å²) in [6.07, 6.45) is 1.62. The summed E-state index contributed by atoms with van der Waals surface area (Å²) in [5, 5.41) is 12.7. The fourth-order valence-corrected chi connectivity index (χ4v) is 3.44. The van der Waals surface area contributed by atoms with Gasteiger partial charge in [-0.15, -0.1) is 11.3 Å². The number of hydrogen-bond donors (Lipinski definition) is 2. The number of phenols is 1. The van der Waals surface area contributed by atoms with Crippen LogP contribution in [0.3, 0.4) is 0 Å². The van der Waals surface area contributed by atoms with Crippen LogP contribution in [0.1, 0.15) is 16.5 Å². The van der Waals surface area contributed by atoms with Crippen LogP contribution in [0.25, 0.3) is 0 Å². The van der Waals surface area contributed by atoms with Gasteiger partial charge in [0.25, 0.3) is 0 Å². The molecule has 0 amide bonds. The molecular weight excluding hydrogens is 327 g/mol. The highest BCUT2D eigenvalue weighted by molar-refractivity contribution is 7.10. The van der Waals surface area contributed by atoms with Crippen molar-refractivity contribution in [3.63, 3.8) is 0 Å². The van der Waals surface area contributed by atoms with Crippen molar-refractivity contribution in [2.45, 2.75) is 6.04 Å². The Balaban J connectivity index is 2.14. The van der Waals surface area contributed by atoms with Gasteiger partial charge in [-0.2, -0.15) is 0 Å². The molecule has 1 atom stereocenters. The molecule has 1 aromatic carbocycles. The molecule has 0 saturated carbocycles. The molecule has 0 fully saturated rings. The van der Waals surface area contributed by atoms with Gasteiger partial charge in [0, 0.05) is 16.8 Å². The fraction of sp³-hybridized carbons (Fsp3) is 0.267. The molecule has 21 heavy (non-hydrogen) atoms. The first-order chi connectivity index (χ1) is 9.99. The number of nitrogens with one attached hydrogen (secondary N) is 1. The summed E-state index contributed by atoms with van der Waals surface area (Å²) in [6, 6.07) is 7.61. The molecular formula is C15H17Cl2N2OS+. The third-order valence-electron chi connectivity index (χ3n) is 3.16. The lowest BCUT2D eigenvalue weighted by atomic mass is 10.2. The predicted molar refractivity (Wildman–Crippen MR) is 90.5 cm³/mol. The summed E-state index contributed by atoms with van der Waals surface area (Å²) in [5.74, 6) is 0.00897. The van der Waals surface area contributed by atoms with Gasteiger partial charge >= 0.3 is 0 Å². The molecule has 0 unspecified atom stereocenters.